The van der Waals surface area contributed by atoms with Crippen LogP contribution in [-0.2, 0) is 0 Å². The molecule has 2 unspecified atom stereocenters. The van der Waals surface area contributed by atoms with Crippen molar-refractivity contribution in [2.75, 3.05) is 6.54 Å². The molecule has 0 fully saturated rings. The highest BCUT2D eigenvalue weighted by Gasteiger charge is 2.07. The second-order valence-electron chi connectivity index (χ2n) is 3.49. The number of aliphatic hydroxyl groups excluding tert-OH is 1. The average Bonchev–Trinajstić information content (AvgIpc) is 2.01. The molecule has 2 atom stereocenters. The molecule has 2 heteroatoms. The number of hydrogen-bond donors (Lipinski definition) is 2. The first kappa shape index (κ1) is 11.9. The van der Waals surface area contributed by atoms with Crippen LogP contribution in [-0.4, -0.2) is 23.8 Å². The lowest BCUT2D eigenvalue weighted by Crippen LogP contribution is -2.29. The Morgan fingerprint density at radius 1 is 1.33 bits per heavy atom. The fourth-order valence-electron chi connectivity index (χ4n) is 1.40. The monoisotopic (exact) mass is 173 g/mol. The molecular weight excluding hydrogens is 150 g/mol. The highest BCUT2D eigenvalue weighted by molar-refractivity contribution is 4.65. The Hall–Kier alpha value is -0.0800. The zero-order valence-electron chi connectivity index (χ0n) is 8.64. The van der Waals surface area contributed by atoms with Gasteiger partial charge in [-0.1, -0.05) is 26.7 Å². The molecule has 12 heavy (non-hydrogen) atoms. The molecule has 2 nitrogen and oxygen atoms in total. The van der Waals surface area contributed by atoms with Crippen LogP contribution in [0.2, 0.25) is 0 Å². The van der Waals surface area contributed by atoms with Gasteiger partial charge in [0.1, 0.15) is 0 Å². The maximum absolute atomic E-state index is 9.54. The maximum Gasteiger partial charge on any atom is 0.0555 e. The van der Waals surface area contributed by atoms with Crippen molar-refractivity contribution in [1.29, 1.82) is 0 Å². The number of nitrogens with one attached hydrogen (secondary N) is 1. The zero-order valence-corrected chi connectivity index (χ0v) is 8.64. The van der Waals surface area contributed by atoms with E-state index in [1.807, 2.05) is 0 Å². The number of hydrogen-bond acceptors (Lipinski definition) is 2. The van der Waals surface area contributed by atoms with E-state index in [1.165, 1.54) is 6.42 Å². The first-order chi connectivity index (χ1) is 5.70. The third-order valence-corrected chi connectivity index (χ3v) is 2.07. The van der Waals surface area contributed by atoms with Gasteiger partial charge in [0, 0.05) is 6.04 Å². The lowest BCUT2D eigenvalue weighted by Gasteiger charge is -2.16. The van der Waals surface area contributed by atoms with Gasteiger partial charge in [-0.25, -0.2) is 0 Å². The second kappa shape index (κ2) is 7.56. The van der Waals surface area contributed by atoms with Gasteiger partial charge in [-0.2, -0.15) is 0 Å². The topological polar surface area (TPSA) is 32.3 Å². The van der Waals surface area contributed by atoms with E-state index in [4.69, 9.17) is 0 Å². The van der Waals surface area contributed by atoms with Gasteiger partial charge >= 0.3 is 0 Å². The Bertz CT molecular complexity index is 95.8. The Balaban J connectivity index is 3.33. The number of unbranched alkanes of at least 4 members (excludes halogenated alkanes) is 1. The van der Waals surface area contributed by atoms with Crippen molar-refractivity contribution in [3.63, 3.8) is 0 Å². The fraction of sp³-hybridized carbons (Fsp3) is 1.00. The predicted molar refractivity (Wildman–Crippen MR) is 53.3 cm³/mol. The summed E-state index contributed by atoms with van der Waals surface area (Å²) in [4.78, 5) is 0. The smallest absolute Gasteiger partial charge is 0.0555 e. The summed E-state index contributed by atoms with van der Waals surface area (Å²) in [6.45, 7) is 7.36. The van der Waals surface area contributed by atoms with Crippen molar-refractivity contribution >= 4 is 0 Å². The second-order valence-corrected chi connectivity index (χ2v) is 3.49. The summed E-state index contributed by atoms with van der Waals surface area (Å²) in [7, 11) is 0. The van der Waals surface area contributed by atoms with Crippen molar-refractivity contribution in [2.45, 2.75) is 58.6 Å². The first-order valence-corrected chi connectivity index (χ1v) is 5.12. The third kappa shape index (κ3) is 6.62. The van der Waals surface area contributed by atoms with Crippen LogP contribution in [0.25, 0.3) is 0 Å². The van der Waals surface area contributed by atoms with Crippen LogP contribution < -0.4 is 5.32 Å². The fourth-order valence-corrected chi connectivity index (χ4v) is 1.40. The van der Waals surface area contributed by atoms with E-state index in [2.05, 4.69) is 26.1 Å². The van der Waals surface area contributed by atoms with Gasteiger partial charge in [0.25, 0.3) is 0 Å². The van der Waals surface area contributed by atoms with Crippen LogP contribution >= 0.6 is 0 Å². The van der Waals surface area contributed by atoms with E-state index < -0.39 is 0 Å². The molecule has 0 heterocycles. The lowest BCUT2D eigenvalue weighted by atomic mass is 10.1. The van der Waals surface area contributed by atoms with Crippen LogP contribution in [0.15, 0.2) is 0 Å². The summed E-state index contributed by atoms with van der Waals surface area (Å²) >= 11 is 0. The molecule has 0 spiro atoms. The third-order valence-electron chi connectivity index (χ3n) is 2.07. The number of rotatable bonds is 7. The summed E-state index contributed by atoms with van der Waals surface area (Å²) in [5, 5.41) is 12.8. The molecule has 0 aromatic carbocycles. The van der Waals surface area contributed by atoms with Crippen LogP contribution in [0.1, 0.15) is 46.5 Å². The van der Waals surface area contributed by atoms with Crippen molar-refractivity contribution in [1.82, 2.24) is 5.32 Å². The molecular formula is C10H23NO. The minimum Gasteiger partial charge on any atom is -0.393 e. The molecule has 2 N–H and O–H groups in total. The zero-order chi connectivity index (χ0) is 9.40. The molecule has 0 aromatic rings. The minimum absolute atomic E-state index is 0.112. The molecule has 0 aliphatic heterocycles. The molecule has 74 valence electrons. The van der Waals surface area contributed by atoms with Gasteiger partial charge in [0.15, 0.2) is 0 Å². The normalized spacial score (nSPS) is 16.0. The molecule has 0 aromatic heterocycles. The highest BCUT2D eigenvalue weighted by Crippen LogP contribution is 2.06. The quantitative estimate of drug-likeness (QED) is 0.616. The highest BCUT2D eigenvalue weighted by atomic mass is 16.3. The molecule has 0 aliphatic carbocycles. The summed E-state index contributed by atoms with van der Waals surface area (Å²) in [6.07, 6.45) is 4.03. The Morgan fingerprint density at radius 3 is 2.50 bits per heavy atom. The van der Waals surface area contributed by atoms with Crippen molar-refractivity contribution in [3.8, 4) is 0 Å². The Labute approximate surface area is 76.4 Å². The van der Waals surface area contributed by atoms with Crippen molar-refractivity contribution in [2.24, 2.45) is 0 Å². The molecule has 0 saturated carbocycles. The predicted octanol–water partition coefficient (Wildman–Crippen LogP) is 1.93. The van der Waals surface area contributed by atoms with Crippen LogP contribution in [0.3, 0.4) is 0 Å². The molecule has 0 saturated heterocycles. The van der Waals surface area contributed by atoms with E-state index in [0.717, 1.165) is 25.8 Å². The van der Waals surface area contributed by atoms with E-state index >= 15 is 0 Å². The standard InChI is InChI=1S/C10H23NO/c1-4-6-7-10(12)8-9(3)11-5-2/h9-12H,4-8H2,1-3H3. The first-order valence-electron chi connectivity index (χ1n) is 5.12. The Kier molecular flexibility index (Phi) is 7.51. The largest absolute Gasteiger partial charge is 0.393 e. The van der Waals surface area contributed by atoms with E-state index in [0.29, 0.717) is 6.04 Å². The van der Waals surface area contributed by atoms with Gasteiger partial charge in [-0.15, -0.1) is 0 Å². The summed E-state index contributed by atoms with van der Waals surface area (Å²) in [5.41, 5.74) is 0. The summed E-state index contributed by atoms with van der Waals surface area (Å²) < 4.78 is 0. The number of aliphatic hydroxyl groups is 1. The molecule has 0 radical (unpaired) electrons. The summed E-state index contributed by atoms with van der Waals surface area (Å²) in [5.74, 6) is 0. The SMILES string of the molecule is CCCCC(O)CC(C)NCC. The molecule has 0 aliphatic rings. The van der Waals surface area contributed by atoms with E-state index in [9.17, 15) is 5.11 Å². The van der Waals surface area contributed by atoms with Gasteiger partial charge in [0.2, 0.25) is 0 Å². The Morgan fingerprint density at radius 2 is 2.00 bits per heavy atom. The van der Waals surface area contributed by atoms with Crippen LogP contribution in [0.5, 0.6) is 0 Å². The van der Waals surface area contributed by atoms with Gasteiger partial charge in [-0.3, -0.25) is 0 Å². The van der Waals surface area contributed by atoms with Crippen molar-refractivity contribution < 1.29 is 5.11 Å². The maximum atomic E-state index is 9.54. The molecule has 0 amide bonds. The van der Waals surface area contributed by atoms with E-state index in [-0.39, 0.29) is 6.10 Å². The summed E-state index contributed by atoms with van der Waals surface area (Å²) in [6, 6.07) is 0.446. The molecule has 0 rings (SSSR count). The van der Waals surface area contributed by atoms with Gasteiger partial charge < -0.3 is 10.4 Å². The minimum atomic E-state index is -0.112. The average molecular weight is 173 g/mol. The van der Waals surface area contributed by atoms with Crippen LogP contribution in [0, 0.1) is 0 Å². The van der Waals surface area contributed by atoms with Gasteiger partial charge in [-0.05, 0) is 26.3 Å². The molecule has 0 bridgehead atoms. The van der Waals surface area contributed by atoms with Gasteiger partial charge in [0.05, 0.1) is 6.10 Å². The van der Waals surface area contributed by atoms with Crippen LogP contribution in [0.4, 0.5) is 0 Å². The van der Waals surface area contributed by atoms with Crippen molar-refractivity contribution in [3.05, 3.63) is 0 Å². The lowest BCUT2D eigenvalue weighted by molar-refractivity contribution is 0.140. The van der Waals surface area contributed by atoms with E-state index in [1.54, 1.807) is 0 Å².